The Morgan fingerprint density at radius 1 is 0.412 bits per heavy atom. The van der Waals surface area contributed by atoms with Gasteiger partial charge in [-0.3, -0.25) is 9.59 Å². The predicted molar refractivity (Wildman–Crippen MR) is 268 cm³/mol. The number of ether oxygens (including phenoxy) is 4. The molecule has 12 heteroatoms. The minimum absolute atomic E-state index is 0.107. The molecule has 0 aliphatic heterocycles. The third kappa shape index (κ3) is 18.9. The number of halogens is 2. The van der Waals surface area contributed by atoms with E-state index in [1.165, 1.54) is 150 Å². The molecule has 0 amide bonds. The molecule has 0 fully saturated rings. The Bertz CT molecular complexity index is 2190. The van der Waals surface area contributed by atoms with Gasteiger partial charge in [-0.25, -0.2) is 18.4 Å². The van der Waals surface area contributed by atoms with Crippen molar-refractivity contribution >= 4 is 45.7 Å². The largest absolute Gasteiger partial charge is 0.491 e. The second-order valence-electron chi connectivity index (χ2n) is 16.7. The summed E-state index contributed by atoms with van der Waals surface area (Å²) in [7, 11) is 0. The van der Waals surface area contributed by atoms with Crippen LogP contribution in [0.5, 0.6) is 23.0 Å². The first-order chi connectivity index (χ1) is 33.1. The van der Waals surface area contributed by atoms with E-state index in [0.717, 1.165) is 62.0 Å². The maximum absolute atomic E-state index is 14.8. The van der Waals surface area contributed by atoms with Crippen LogP contribution in [0, 0.1) is 11.6 Å². The van der Waals surface area contributed by atoms with Crippen molar-refractivity contribution in [3.05, 3.63) is 143 Å². The van der Waals surface area contributed by atoms with Gasteiger partial charge in [-0.2, -0.15) is 0 Å². The van der Waals surface area contributed by atoms with Crippen LogP contribution in [-0.4, -0.2) is 35.4 Å². The Balaban J connectivity index is 1.01. The Morgan fingerprint density at radius 3 is 1.12 bits per heavy atom. The van der Waals surface area contributed by atoms with Crippen molar-refractivity contribution < 1.29 is 46.9 Å². The summed E-state index contributed by atoms with van der Waals surface area (Å²) in [6.07, 6.45) is 21.2. The van der Waals surface area contributed by atoms with E-state index in [-0.39, 0.29) is 55.5 Å². The minimum Gasteiger partial charge on any atom is -0.491 e. The number of hydrogen-bond acceptors (Lipinski definition) is 10. The molecule has 0 saturated carbocycles. The fraction of sp³-hybridized carbons (Fsp3) is 0.393. The quantitative estimate of drug-likeness (QED) is 0.0191. The van der Waals surface area contributed by atoms with E-state index in [2.05, 4.69) is 13.8 Å². The van der Waals surface area contributed by atoms with Gasteiger partial charge in [0, 0.05) is 20.9 Å². The fourth-order valence-electron chi connectivity index (χ4n) is 7.27. The van der Waals surface area contributed by atoms with Crippen molar-refractivity contribution in [2.75, 3.05) is 13.2 Å². The third-order valence-corrected chi connectivity index (χ3v) is 13.0. The summed E-state index contributed by atoms with van der Waals surface area (Å²) in [5.41, 5.74) is 0.605. The zero-order valence-corrected chi connectivity index (χ0v) is 41.0. The van der Waals surface area contributed by atoms with E-state index in [9.17, 15) is 28.0 Å². The van der Waals surface area contributed by atoms with Crippen molar-refractivity contribution in [2.45, 2.75) is 139 Å². The molecular formula is C56H64F2O8S2. The number of carbonyl (C=O) groups excluding carboxylic acids is 4. The molecule has 0 aromatic heterocycles. The number of rotatable bonds is 30. The number of benzene rings is 5. The lowest BCUT2D eigenvalue weighted by molar-refractivity contribution is 0.0734. The highest BCUT2D eigenvalue weighted by atomic mass is 32.2. The maximum atomic E-state index is 14.8. The molecule has 0 radical (unpaired) electrons. The van der Waals surface area contributed by atoms with Gasteiger partial charge in [0.05, 0.1) is 24.3 Å². The summed E-state index contributed by atoms with van der Waals surface area (Å²) < 4.78 is 51.9. The van der Waals surface area contributed by atoms with Crippen LogP contribution in [0.4, 0.5) is 8.78 Å². The van der Waals surface area contributed by atoms with Gasteiger partial charge in [0.15, 0.2) is 23.1 Å². The van der Waals surface area contributed by atoms with Gasteiger partial charge in [-0.15, -0.1) is 0 Å². The Labute approximate surface area is 409 Å². The first kappa shape index (κ1) is 53.5. The number of thioether (sulfide) groups is 2. The molecule has 0 spiro atoms. The van der Waals surface area contributed by atoms with Crippen LogP contribution in [0.3, 0.4) is 0 Å². The van der Waals surface area contributed by atoms with Crippen molar-refractivity contribution in [1.29, 1.82) is 0 Å². The minimum atomic E-state index is -0.714. The van der Waals surface area contributed by atoms with Gasteiger partial charge in [0.2, 0.25) is 10.2 Å². The second kappa shape index (κ2) is 30.1. The van der Waals surface area contributed by atoms with Gasteiger partial charge in [0.1, 0.15) is 11.5 Å². The zero-order chi connectivity index (χ0) is 48.4. The fourth-order valence-corrected chi connectivity index (χ4v) is 8.73. The lowest BCUT2D eigenvalue weighted by Gasteiger charge is -2.09. The average molecular weight is 967 g/mol. The van der Waals surface area contributed by atoms with Crippen LogP contribution < -0.4 is 18.9 Å². The summed E-state index contributed by atoms with van der Waals surface area (Å²) in [4.78, 5) is 53.2. The van der Waals surface area contributed by atoms with E-state index in [1.54, 1.807) is 36.4 Å². The summed E-state index contributed by atoms with van der Waals surface area (Å²) in [6, 6.07) is 26.9. The predicted octanol–water partition coefficient (Wildman–Crippen LogP) is 16.1. The molecule has 0 unspecified atom stereocenters. The summed E-state index contributed by atoms with van der Waals surface area (Å²) in [5.74, 6) is -1.93. The molecule has 362 valence electrons. The third-order valence-electron chi connectivity index (χ3n) is 11.2. The Kier molecular flexibility index (Phi) is 23.7. The van der Waals surface area contributed by atoms with Crippen LogP contribution in [0.1, 0.15) is 171 Å². The molecule has 8 nitrogen and oxygen atoms in total. The summed E-state index contributed by atoms with van der Waals surface area (Å²) in [6.45, 7) is 5.27. The Morgan fingerprint density at radius 2 is 0.765 bits per heavy atom. The molecule has 0 saturated heterocycles. The van der Waals surface area contributed by atoms with E-state index < -0.39 is 23.6 Å². The van der Waals surface area contributed by atoms with Crippen molar-refractivity contribution in [3.63, 3.8) is 0 Å². The molecule has 0 N–H and O–H groups in total. The van der Waals surface area contributed by atoms with E-state index in [1.807, 2.05) is 0 Å². The van der Waals surface area contributed by atoms with Crippen LogP contribution in [-0.2, 0) is 0 Å². The average Bonchev–Trinajstić information content (AvgIpc) is 3.34. The van der Waals surface area contributed by atoms with Crippen molar-refractivity contribution in [1.82, 2.24) is 0 Å². The summed E-state index contributed by atoms with van der Waals surface area (Å²) in [5, 5.41) is -0.708. The maximum Gasteiger partial charge on any atom is 0.343 e. The van der Waals surface area contributed by atoms with Crippen LogP contribution >= 0.6 is 23.5 Å². The lowest BCUT2D eigenvalue weighted by atomic mass is 10.1. The zero-order valence-electron chi connectivity index (χ0n) is 39.4. The van der Waals surface area contributed by atoms with E-state index >= 15 is 0 Å². The SMILES string of the molecule is CCCCCCCCCCCOc1ccc(C(=O)Sc2ccc(OC(=O)c3cccc(C(=O)Oc4ccc(SC(=O)c5ccc(OCCCCCCCCCCC)c(F)c5)cc4)c3)cc2)cc1F. The first-order valence-electron chi connectivity index (χ1n) is 24.2. The van der Waals surface area contributed by atoms with Crippen LogP contribution in [0.2, 0.25) is 0 Å². The number of esters is 2. The number of unbranched alkanes of at least 4 members (excludes halogenated alkanes) is 16. The molecule has 0 atom stereocenters. The summed E-state index contributed by atoms with van der Waals surface area (Å²) >= 11 is 1.83. The number of hydrogen-bond donors (Lipinski definition) is 0. The smallest absolute Gasteiger partial charge is 0.343 e. The van der Waals surface area contributed by atoms with Crippen molar-refractivity contribution in [3.8, 4) is 23.0 Å². The standard InChI is InChI=1S/C56H64F2O8S2/c1-3-5-7-9-11-13-15-17-19-36-63-51-34-24-43(39-49(51)57)55(61)67-47-30-26-45(27-31-47)65-53(59)41-22-21-23-42(38-41)54(60)66-46-28-32-48(33-29-46)68-56(62)44-25-35-52(50(58)40-44)64-37-20-18-16-14-12-10-8-6-4-2/h21-35,38-40H,3-20,36-37H2,1-2H3. The molecule has 5 aromatic rings. The van der Waals surface area contributed by atoms with E-state index in [4.69, 9.17) is 18.9 Å². The van der Waals surface area contributed by atoms with Crippen molar-refractivity contribution in [2.24, 2.45) is 0 Å². The van der Waals surface area contributed by atoms with Crippen LogP contribution in [0.15, 0.2) is 119 Å². The lowest BCUT2D eigenvalue weighted by Crippen LogP contribution is -2.12. The molecule has 0 aliphatic rings. The van der Waals surface area contributed by atoms with Gasteiger partial charge < -0.3 is 18.9 Å². The van der Waals surface area contributed by atoms with Gasteiger partial charge in [-0.05, 0) is 139 Å². The van der Waals surface area contributed by atoms with Gasteiger partial charge in [-0.1, -0.05) is 123 Å². The molecule has 5 rings (SSSR count). The highest BCUT2D eigenvalue weighted by molar-refractivity contribution is 8.14. The van der Waals surface area contributed by atoms with E-state index in [0.29, 0.717) is 23.0 Å². The normalized spacial score (nSPS) is 11.0. The van der Waals surface area contributed by atoms with Gasteiger partial charge >= 0.3 is 11.9 Å². The second-order valence-corrected chi connectivity index (χ2v) is 18.8. The van der Waals surface area contributed by atoms with Gasteiger partial charge in [0.25, 0.3) is 0 Å². The molecule has 0 aliphatic carbocycles. The monoisotopic (exact) mass is 966 g/mol. The first-order valence-corrected chi connectivity index (χ1v) is 25.8. The topological polar surface area (TPSA) is 105 Å². The molecule has 68 heavy (non-hydrogen) atoms. The highest BCUT2D eigenvalue weighted by Gasteiger charge is 2.17. The molecule has 0 heterocycles. The highest BCUT2D eigenvalue weighted by Crippen LogP contribution is 2.30. The molecule has 5 aromatic carbocycles. The Hall–Kier alpha value is -5.46. The molecular weight excluding hydrogens is 903 g/mol. The van der Waals surface area contributed by atoms with Crippen LogP contribution in [0.25, 0.3) is 0 Å². The number of carbonyl (C=O) groups is 4. The molecule has 0 bridgehead atoms.